The standard InChI is InChI=1S/C10H7Cl2NO7S/c11-9-7(13(15)16)1-5(2-8(9)21(12,17)18)10(14)20-6-3-19-4-6/h1-2,6H,3-4H2. The molecule has 0 spiro atoms. The Kier molecular flexibility index (Phi) is 4.38. The van der Waals surface area contributed by atoms with Crippen LogP contribution in [0.2, 0.25) is 5.02 Å². The van der Waals surface area contributed by atoms with Crippen molar-refractivity contribution in [2.45, 2.75) is 11.0 Å². The lowest BCUT2D eigenvalue weighted by Gasteiger charge is -2.25. The van der Waals surface area contributed by atoms with Gasteiger partial charge in [0.05, 0.1) is 23.7 Å². The molecular weight excluding hydrogens is 349 g/mol. The van der Waals surface area contributed by atoms with Gasteiger partial charge in [-0.3, -0.25) is 10.1 Å². The number of esters is 1. The summed E-state index contributed by atoms with van der Waals surface area (Å²) >= 11 is 5.63. The van der Waals surface area contributed by atoms with Crippen LogP contribution >= 0.6 is 22.3 Å². The van der Waals surface area contributed by atoms with Crippen LogP contribution in [0.4, 0.5) is 5.69 Å². The predicted molar refractivity (Wildman–Crippen MR) is 71.2 cm³/mol. The fourth-order valence-electron chi connectivity index (χ4n) is 1.51. The lowest BCUT2D eigenvalue weighted by Crippen LogP contribution is -2.37. The summed E-state index contributed by atoms with van der Waals surface area (Å²) in [4.78, 5) is 21.1. The number of nitro benzene ring substituents is 1. The first-order valence-corrected chi connectivity index (χ1v) is 8.10. The lowest BCUT2D eigenvalue weighted by molar-refractivity contribution is -0.384. The Morgan fingerprint density at radius 3 is 2.48 bits per heavy atom. The number of ether oxygens (including phenoxy) is 2. The third-order valence-electron chi connectivity index (χ3n) is 2.60. The first kappa shape index (κ1) is 16.0. The molecule has 0 unspecified atom stereocenters. The number of carbonyl (C=O) groups excluding carboxylic acids is 1. The zero-order valence-electron chi connectivity index (χ0n) is 10.1. The molecule has 0 saturated carbocycles. The molecular formula is C10H7Cl2NO7S. The molecule has 1 saturated heterocycles. The summed E-state index contributed by atoms with van der Waals surface area (Å²) in [6.07, 6.45) is -0.469. The Balaban J connectivity index is 2.48. The maximum absolute atomic E-state index is 11.8. The molecule has 0 aromatic heterocycles. The third-order valence-corrected chi connectivity index (χ3v) is 4.45. The van der Waals surface area contributed by atoms with Gasteiger partial charge < -0.3 is 9.47 Å². The molecule has 11 heteroatoms. The van der Waals surface area contributed by atoms with Crippen LogP contribution in [0.15, 0.2) is 17.0 Å². The molecule has 0 radical (unpaired) electrons. The maximum Gasteiger partial charge on any atom is 0.338 e. The summed E-state index contributed by atoms with van der Waals surface area (Å²) in [7, 11) is 0.792. The molecule has 1 fully saturated rings. The minimum atomic E-state index is -4.36. The van der Waals surface area contributed by atoms with Crippen LogP contribution in [0.1, 0.15) is 10.4 Å². The highest BCUT2D eigenvalue weighted by Gasteiger charge is 2.29. The molecule has 114 valence electrons. The molecule has 8 nitrogen and oxygen atoms in total. The number of nitro groups is 1. The van der Waals surface area contributed by atoms with E-state index in [1.807, 2.05) is 0 Å². The molecule has 1 aliphatic heterocycles. The molecule has 0 amide bonds. The van der Waals surface area contributed by atoms with Gasteiger partial charge >= 0.3 is 5.97 Å². The highest BCUT2D eigenvalue weighted by atomic mass is 35.7. The van der Waals surface area contributed by atoms with Crippen LogP contribution in [-0.4, -0.2) is 38.6 Å². The van der Waals surface area contributed by atoms with Gasteiger partial charge in [-0.25, -0.2) is 13.2 Å². The van der Waals surface area contributed by atoms with E-state index in [4.69, 9.17) is 31.8 Å². The second kappa shape index (κ2) is 5.76. The molecule has 1 heterocycles. The largest absolute Gasteiger partial charge is 0.454 e. The number of carbonyl (C=O) groups is 1. The Labute approximate surface area is 128 Å². The van der Waals surface area contributed by atoms with Gasteiger partial charge in [0.1, 0.15) is 16.0 Å². The van der Waals surface area contributed by atoms with E-state index in [9.17, 15) is 23.3 Å². The van der Waals surface area contributed by atoms with Gasteiger partial charge in [0, 0.05) is 16.7 Å². The van der Waals surface area contributed by atoms with Crippen molar-refractivity contribution in [3.05, 3.63) is 32.8 Å². The van der Waals surface area contributed by atoms with Crippen molar-refractivity contribution in [3.63, 3.8) is 0 Å². The van der Waals surface area contributed by atoms with E-state index < -0.39 is 41.7 Å². The van der Waals surface area contributed by atoms with Gasteiger partial charge in [-0.05, 0) is 6.07 Å². The van der Waals surface area contributed by atoms with Crippen molar-refractivity contribution in [3.8, 4) is 0 Å². The average molecular weight is 356 g/mol. The van der Waals surface area contributed by atoms with E-state index in [-0.39, 0.29) is 18.8 Å². The number of hydrogen-bond acceptors (Lipinski definition) is 7. The summed E-state index contributed by atoms with van der Waals surface area (Å²) in [5.41, 5.74) is -1.09. The van der Waals surface area contributed by atoms with E-state index in [1.165, 1.54) is 0 Å². The fraction of sp³-hybridized carbons (Fsp3) is 0.300. The van der Waals surface area contributed by atoms with Gasteiger partial charge in [-0.1, -0.05) is 11.6 Å². The van der Waals surface area contributed by atoms with Crippen molar-refractivity contribution in [2.24, 2.45) is 0 Å². The quantitative estimate of drug-likeness (QED) is 0.349. The second-order valence-corrected chi connectivity index (χ2v) is 6.98. The molecule has 0 N–H and O–H groups in total. The predicted octanol–water partition coefficient (Wildman–Crippen LogP) is 1.73. The van der Waals surface area contributed by atoms with Crippen LogP contribution in [0.3, 0.4) is 0 Å². The van der Waals surface area contributed by atoms with Crippen molar-refractivity contribution < 1.29 is 27.6 Å². The SMILES string of the molecule is O=C(OC1COC1)c1cc([N+](=O)[O-])c(Cl)c(S(=O)(=O)Cl)c1. The van der Waals surface area contributed by atoms with Gasteiger partial charge in [-0.2, -0.15) is 0 Å². The van der Waals surface area contributed by atoms with Crippen LogP contribution in [0.5, 0.6) is 0 Å². The Morgan fingerprint density at radius 1 is 1.43 bits per heavy atom. The van der Waals surface area contributed by atoms with E-state index in [0.717, 1.165) is 12.1 Å². The fourth-order valence-corrected chi connectivity index (χ4v) is 3.07. The molecule has 1 aromatic rings. The van der Waals surface area contributed by atoms with Gasteiger partial charge in [0.2, 0.25) is 0 Å². The first-order valence-electron chi connectivity index (χ1n) is 5.41. The number of halogens is 2. The van der Waals surface area contributed by atoms with Crippen LogP contribution in [-0.2, 0) is 18.5 Å². The van der Waals surface area contributed by atoms with Gasteiger partial charge in [0.15, 0.2) is 0 Å². The Morgan fingerprint density at radius 2 is 2.05 bits per heavy atom. The molecule has 1 aliphatic rings. The lowest BCUT2D eigenvalue weighted by atomic mass is 10.2. The van der Waals surface area contributed by atoms with Crippen molar-refractivity contribution in [2.75, 3.05) is 13.2 Å². The summed E-state index contributed by atoms with van der Waals surface area (Å²) < 4.78 is 32.5. The minimum Gasteiger partial charge on any atom is -0.454 e. The summed E-state index contributed by atoms with van der Waals surface area (Å²) in [5.74, 6) is -0.926. The molecule has 0 aliphatic carbocycles. The van der Waals surface area contributed by atoms with Crippen LogP contribution in [0, 0.1) is 10.1 Å². The molecule has 2 rings (SSSR count). The topological polar surface area (TPSA) is 113 Å². The van der Waals surface area contributed by atoms with E-state index in [2.05, 4.69) is 0 Å². The van der Waals surface area contributed by atoms with Crippen molar-refractivity contribution in [1.82, 2.24) is 0 Å². The molecule has 1 aromatic carbocycles. The number of benzene rings is 1. The summed E-state index contributed by atoms with van der Waals surface area (Å²) in [5, 5.41) is 10.2. The normalized spacial score (nSPS) is 15.3. The smallest absolute Gasteiger partial charge is 0.338 e. The highest BCUT2D eigenvalue weighted by Crippen LogP contribution is 2.34. The molecule has 0 bridgehead atoms. The Hall–Kier alpha value is -1.42. The number of nitrogens with zero attached hydrogens (tertiary/aromatic N) is 1. The summed E-state index contributed by atoms with van der Waals surface area (Å²) in [6, 6.07) is 1.66. The zero-order chi connectivity index (χ0) is 15.8. The summed E-state index contributed by atoms with van der Waals surface area (Å²) in [6.45, 7) is 0.421. The molecule has 21 heavy (non-hydrogen) atoms. The maximum atomic E-state index is 11.8. The molecule has 0 atom stereocenters. The zero-order valence-corrected chi connectivity index (χ0v) is 12.4. The first-order chi connectivity index (χ1) is 9.70. The van der Waals surface area contributed by atoms with E-state index in [0.29, 0.717) is 0 Å². The van der Waals surface area contributed by atoms with E-state index in [1.54, 1.807) is 0 Å². The van der Waals surface area contributed by atoms with E-state index >= 15 is 0 Å². The van der Waals surface area contributed by atoms with Crippen LogP contribution < -0.4 is 0 Å². The van der Waals surface area contributed by atoms with Gasteiger partial charge in [-0.15, -0.1) is 0 Å². The minimum absolute atomic E-state index is 0.210. The van der Waals surface area contributed by atoms with Crippen molar-refractivity contribution in [1.29, 1.82) is 0 Å². The van der Waals surface area contributed by atoms with Crippen LogP contribution in [0.25, 0.3) is 0 Å². The second-order valence-electron chi connectivity index (χ2n) is 4.07. The average Bonchev–Trinajstić information content (AvgIpc) is 2.31. The monoisotopic (exact) mass is 355 g/mol. The number of rotatable bonds is 4. The third kappa shape index (κ3) is 3.43. The highest BCUT2D eigenvalue weighted by molar-refractivity contribution is 8.13. The van der Waals surface area contributed by atoms with Gasteiger partial charge in [0.25, 0.3) is 14.7 Å². The van der Waals surface area contributed by atoms with Crippen molar-refractivity contribution >= 4 is 43.0 Å². The Bertz CT molecular complexity index is 714. The number of hydrogen-bond donors (Lipinski definition) is 0.